The van der Waals surface area contributed by atoms with Gasteiger partial charge in [-0.25, -0.2) is 13.2 Å². The van der Waals surface area contributed by atoms with E-state index in [2.05, 4.69) is 0 Å². The summed E-state index contributed by atoms with van der Waals surface area (Å²) in [6, 6.07) is 6.29. The standard InChI is InChI=1S/C17H24N2O5S/c1-13(2)25(22,23)15-8-5-4-7-14(15)16(20)18-9-6-10-19(12-11-18)17(21)24-3/h4-5,7-8,13H,6,9-12H2,1-3H3. The maximum atomic E-state index is 12.9. The first-order chi connectivity index (χ1) is 11.8. The third-order valence-corrected chi connectivity index (χ3v) is 6.47. The van der Waals surface area contributed by atoms with Crippen LogP contribution < -0.4 is 0 Å². The molecule has 1 aliphatic heterocycles. The SMILES string of the molecule is COC(=O)N1CCCN(C(=O)c2ccccc2S(=O)(=O)C(C)C)CC1. The number of amides is 2. The first kappa shape index (κ1) is 19.2. The predicted octanol–water partition coefficient (Wildman–Crippen LogP) is 1.78. The Balaban J connectivity index is 2.26. The summed E-state index contributed by atoms with van der Waals surface area (Å²) in [5, 5.41) is -0.611. The first-order valence-electron chi connectivity index (χ1n) is 8.24. The minimum absolute atomic E-state index is 0.0593. The number of nitrogens with zero attached hydrogens (tertiary/aromatic N) is 2. The van der Waals surface area contributed by atoms with Crippen molar-refractivity contribution < 1.29 is 22.7 Å². The molecule has 2 amide bonds. The van der Waals surface area contributed by atoms with Crippen LogP contribution in [0.25, 0.3) is 0 Å². The van der Waals surface area contributed by atoms with Gasteiger partial charge in [0.2, 0.25) is 0 Å². The monoisotopic (exact) mass is 368 g/mol. The largest absolute Gasteiger partial charge is 0.453 e. The van der Waals surface area contributed by atoms with Crippen molar-refractivity contribution in [3.05, 3.63) is 29.8 Å². The zero-order valence-corrected chi connectivity index (χ0v) is 15.6. The van der Waals surface area contributed by atoms with E-state index in [1.165, 1.54) is 13.2 Å². The number of carbonyl (C=O) groups excluding carboxylic acids is 2. The normalized spacial score (nSPS) is 15.8. The van der Waals surface area contributed by atoms with Gasteiger partial charge in [0.1, 0.15) is 0 Å². The Morgan fingerprint density at radius 3 is 2.28 bits per heavy atom. The van der Waals surface area contributed by atoms with Crippen LogP contribution in [0.1, 0.15) is 30.6 Å². The Kier molecular flexibility index (Phi) is 6.05. The smallest absolute Gasteiger partial charge is 0.409 e. The van der Waals surface area contributed by atoms with E-state index < -0.39 is 21.2 Å². The van der Waals surface area contributed by atoms with Crippen LogP contribution in [0.5, 0.6) is 0 Å². The zero-order valence-electron chi connectivity index (χ0n) is 14.8. The second-order valence-electron chi connectivity index (χ2n) is 6.19. The van der Waals surface area contributed by atoms with Crippen LogP contribution >= 0.6 is 0 Å². The average Bonchev–Trinajstić information content (AvgIpc) is 2.86. The summed E-state index contributed by atoms with van der Waals surface area (Å²) in [7, 11) is -2.24. The lowest BCUT2D eigenvalue weighted by Gasteiger charge is -2.23. The van der Waals surface area contributed by atoms with Crippen molar-refractivity contribution in [2.75, 3.05) is 33.3 Å². The molecule has 138 valence electrons. The molecule has 0 radical (unpaired) electrons. The number of rotatable bonds is 3. The van der Waals surface area contributed by atoms with E-state index in [4.69, 9.17) is 4.74 Å². The van der Waals surface area contributed by atoms with E-state index >= 15 is 0 Å². The molecule has 0 aliphatic carbocycles. The summed E-state index contributed by atoms with van der Waals surface area (Å²) in [6.07, 6.45) is 0.192. The number of carbonyl (C=O) groups is 2. The van der Waals surface area contributed by atoms with Crippen molar-refractivity contribution >= 4 is 21.8 Å². The molecule has 1 saturated heterocycles. The molecular formula is C17H24N2O5S. The quantitative estimate of drug-likeness (QED) is 0.812. The topological polar surface area (TPSA) is 84.0 Å². The highest BCUT2D eigenvalue weighted by Gasteiger charge is 2.29. The summed E-state index contributed by atoms with van der Waals surface area (Å²) < 4.78 is 29.8. The molecule has 0 unspecified atom stereocenters. The molecule has 1 aliphatic rings. The maximum absolute atomic E-state index is 12.9. The van der Waals surface area contributed by atoms with Crippen LogP contribution in [0, 0.1) is 0 Å². The Hall–Kier alpha value is -2.09. The molecule has 0 bridgehead atoms. The highest BCUT2D eigenvalue weighted by atomic mass is 32.2. The van der Waals surface area contributed by atoms with Crippen LogP contribution in [-0.2, 0) is 14.6 Å². The molecule has 0 saturated carbocycles. The van der Waals surface area contributed by atoms with Gasteiger partial charge in [-0.2, -0.15) is 0 Å². The lowest BCUT2D eigenvalue weighted by Crippen LogP contribution is -2.37. The van der Waals surface area contributed by atoms with Crippen LogP contribution in [0.2, 0.25) is 0 Å². The molecule has 1 aromatic rings. The summed E-state index contributed by atoms with van der Waals surface area (Å²) in [5.41, 5.74) is 0.183. The van der Waals surface area contributed by atoms with Gasteiger partial charge in [0.25, 0.3) is 5.91 Å². The van der Waals surface area contributed by atoms with Crippen molar-refractivity contribution in [1.29, 1.82) is 0 Å². The highest BCUT2D eigenvalue weighted by molar-refractivity contribution is 7.92. The summed E-state index contributed by atoms with van der Waals surface area (Å²) in [6.45, 7) is 4.85. The van der Waals surface area contributed by atoms with Crippen LogP contribution in [-0.4, -0.2) is 68.8 Å². The van der Waals surface area contributed by atoms with E-state index in [1.807, 2.05) is 0 Å². The average molecular weight is 368 g/mol. The van der Waals surface area contributed by atoms with Gasteiger partial charge in [0.05, 0.1) is 22.8 Å². The molecule has 1 heterocycles. The molecule has 0 N–H and O–H groups in total. The van der Waals surface area contributed by atoms with Gasteiger partial charge >= 0.3 is 6.09 Å². The van der Waals surface area contributed by atoms with Gasteiger partial charge in [0.15, 0.2) is 9.84 Å². The highest BCUT2D eigenvalue weighted by Crippen LogP contribution is 2.22. The fraction of sp³-hybridized carbons (Fsp3) is 0.529. The number of methoxy groups -OCH3 is 1. The van der Waals surface area contributed by atoms with E-state index in [0.717, 1.165) is 0 Å². The molecule has 1 fully saturated rings. The van der Waals surface area contributed by atoms with Crippen molar-refractivity contribution in [3.8, 4) is 0 Å². The minimum atomic E-state index is -3.56. The minimum Gasteiger partial charge on any atom is -0.453 e. The van der Waals surface area contributed by atoms with E-state index in [0.29, 0.717) is 32.6 Å². The van der Waals surface area contributed by atoms with Crippen LogP contribution in [0.15, 0.2) is 29.2 Å². The van der Waals surface area contributed by atoms with Gasteiger partial charge in [-0.05, 0) is 32.4 Å². The van der Waals surface area contributed by atoms with Gasteiger partial charge in [-0.1, -0.05) is 12.1 Å². The van der Waals surface area contributed by atoms with Gasteiger partial charge in [-0.15, -0.1) is 0 Å². The van der Waals surface area contributed by atoms with Crippen molar-refractivity contribution in [3.63, 3.8) is 0 Å². The van der Waals surface area contributed by atoms with Crippen molar-refractivity contribution in [2.45, 2.75) is 30.4 Å². The van der Waals surface area contributed by atoms with Gasteiger partial charge in [0, 0.05) is 26.2 Å². The van der Waals surface area contributed by atoms with E-state index in [1.54, 1.807) is 41.8 Å². The second-order valence-corrected chi connectivity index (χ2v) is 8.67. The lowest BCUT2D eigenvalue weighted by molar-refractivity contribution is 0.0753. The molecule has 0 spiro atoms. The molecule has 0 atom stereocenters. The number of sulfone groups is 1. The number of hydrogen-bond acceptors (Lipinski definition) is 5. The summed E-state index contributed by atoms with van der Waals surface area (Å²) in [4.78, 5) is 27.8. The Bertz CT molecular complexity index is 745. The summed E-state index contributed by atoms with van der Waals surface area (Å²) >= 11 is 0. The summed E-state index contributed by atoms with van der Waals surface area (Å²) in [5.74, 6) is -0.327. The number of ether oxygens (including phenoxy) is 1. The first-order valence-corrected chi connectivity index (χ1v) is 9.78. The molecular weight excluding hydrogens is 344 g/mol. The van der Waals surface area contributed by atoms with Crippen LogP contribution in [0.3, 0.4) is 0 Å². The lowest BCUT2D eigenvalue weighted by atomic mass is 10.2. The zero-order chi connectivity index (χ0) is 18.6. The maximum Gasteiger partial charge on any atom is 0.409 e. The fourth-order valence-electron chi connectivity index (χ4n) is 2.75. The third kappa shape index (κ3) is 4.12. The third-order valence-electron chi connectivity index (χ3n) is 4.26. The van der Waals surface area contributed by atoms with Crippen molar-refractivity contribution in [1.82, 2.24) is 9.80 Å². The molecule has 8 heteroatoms. The molecule has 1 aromatic carbocycles. The van der Waals surface area contributed by atoms with Crippen LogP contribution in [0.4, 0.5) is 4.79 Å². The molecule has 25 heavy (non-hydrogen) atoms. The predicted molar refractivity (Wildman–Crippen MR) is 93.3 cm³/mol. The Morgan fingerprint density at radius 2 is 1.64 bits per heavy atom. The van der Waals surface area contributed by atoms with E-state index in [9.17, 15) is 18.0 Å². The Morgan fingerprint density at radius 1 is 1.04 bits per heavy atom. The fourth-order valence-corrected chi connectivity index (χ4v) is 3.99. The van der Waals surface area contributed by atoms with Crippen molar-refractivity contribution in [2.24, 2.45) is 0 Å². The van der Waals surface area contributed by atoms with E-state index in [-0.39, 0.29) is 16.4 Å². The van der Waals surface area contributed by atoms with Gasteiger partial charge in [-0.3, -0.25) is 4.79 Å². The number of benzene rings is 1. The molecule has 0 aromatic heterocycles. The second kappa shape index (κ2) is 7.86. The Labute approximate surface area is 148 Å². The molecule has 7 nitrogen and oxygen atoms in total. The van der Waals surface area contributed by atoms with Gasteiger partial charge < -0.3 is 14.5 Å². The molecule has 2 rings (SSSR count). The number of hydrogen-bond donors (Lipinski definition) is 0.